The van der Waals surface area contributed by atoms with Crippen molar-refractivity contribution in [1.29, 1.82) is 0 Å². The zero-order chi connectivity index (χ0) is 27.0. The third kappa shape index (κ3) is 21.7. The molecule has 1 aliphatic heterocycles. The SMILES string of the molecule is CCCCCCCCCCCCCCCC(=O)OCC(COC(C)=O)OC(=O)CCCC[C@@H]1CCSS1. The largest absolute Gasteiger partial charge is 0.462 e. The highest BCUT2D eigenvalue weighted by Crippen LogP contribution is 2.39. The molecule has 0 amide bonds. The molecule has 0 aliphatic carbocycles. The zero-order valence-corrected chi connectivity index (χ0v) is 25.1. The summed E-state index contributed by atoms with van der Waals surface area (Å²) in [5, 5.41) is 0.701. The van der Waals surface area contributed by atoms with Crippen molar-refractivity contribution in [2.45, 2.75) is 147 Å². The lowest BCUT2D eigenvalue weighted by molar-refractivity contribution is -0.166. The van der Waals surface area contributed by atoms with E-state index in [9.17, 15) is 14.4 Å². The number of unbranched alkanes of at least 4 members (excludes halogenated alkanes) is 13. The summed E-state index contributed by atoms with van der Waals surface area (Å²) >= 11 is 0. The minimum absolute atomic E-state index is 0.0771. The van der Waals surface area contributed by atoms with E-state index in [1.807, 2.05) is 21.6 Å². The second-order valence-corrected chi connectivity index (χ2v) is 13.0. The molecule has 37 heavy (non-hydrogen) atoms. The predicted octanol–water partition coefficient (Wildman–Crippen LogP) is 8.20. The Morgan fingerprint density at radius 1 is 0.730 bits per heavy atom. The number of carbonyl (C=O) groups excluding carboxylic acids is 3. The van der Waals surface area contributed by atoms with E-state index in [4.69, 9.17) is 14.2 Å². The van der Waals surface area contributed by atoms with E-state index < -0.39 is 12.1 Å². The summed E-state index contributed by atoms with van der Waals surface area (Å²) in [4.78, 5) is 35.6. The summed E-state index contributed by atoms with van der Waals surface area (Å²) in [5.74, 6) is 0.135. The van der Waals surface area contributed by atoms with Crippen molar-refractivity contribution in [1.82, 2.24) is 0 Å². The van der Waals surface area contributed by atoms with Crippen LogP contribution in [-0.4, -0.2) is 48.2 Å². The van der Waals surface area contributed by atoms with Crippen LogP contribution >= 0.6 is 21.6 Å². The van der Waals surface area contributed by atoms with Crippen molar-refractivity contribution < 1.29 is 28.6 Å². The first-order chi connectivity index (χ1) is 18.0. The first-order valence-electron chi connectivity index (χ1n) is 14.8. The molecule has 1 saturated heterocycles. The van der Waals surface area contributed by atoms with Gasteiger partial charge in [0.05, 0.1) is 0 Å². The molecule has 6 nitrogen and oxygen atoms in total. The topological polar surface area (TPSA) is 78.9 Å². The van der Waals surface area contributed by atoms with Crippen molar-refractivity contribution in [3.05, 3.63) is 0 Å². The van der Waals surface area contributed by atoms with Crippen molar-refractivity contribution in [2.75, 3.05) is 19.0 Å². The molecule has 1 heterocycles. The highest BCUT2D eigenvalue weighted by atomic mass is 33.1. The molecular formula is C29H52O6S2. The Hall–Kier alpha value is -0.890. The Bertz CT molecular complexity index is 595. The van der Waals surface area contributed by atoms with Gasteiger partial charge in [-0.2, -0.15) is 0 Å². The molecule has 0 radical (unpaired) electrons. The van der Waals surface area contributed by atoms with Crippen LogP contribution < -0.4 is 0 Å². The second kappa shape index (κ2) is 24.2. The van der Waals surface area contributed by atoms with Gasteiger partial charge in [-0.15, -0.1) is 0 Å². The van der Waals surface area contributed by atoms with E-state index in [1.165, 1.54) is 83.3 Å². The molecule has 1 fully saturated rings. The summed E-state index contributed by atoms with van der Waals surface area (Å²) in [6.07, 6.45) is 20.4. The quantitative estimate of drug-likeness (QED) is 0.0506. The molecule has 1 aliphatic rings. The fraction of sp³-hybridized carbons (Fsp3) is 0.897. The van der Waals surface area contributed by atoms with Gasteiger partial charge >= 0.3 is 17.9 Å². The molecule has 0 aromatic rings. The van der Waals surface area contributed by atoms with Crippen molar-refractivity contribution >= 4 is 39.5 Å². The molecular weight excluding hydrogens is 508 g/mol. The van der Waals surface area contributed by atoms with Crippen LogP contribution in [0, 0.1) is 0 Å². The summed E-state index contributed by atoms with van der Waals surface area (Å²) in [7, 11) is 3.87. The fourth-order valence-electron chi connectivity index (χ4n) is 4.32. The Morgan fingerprint density at radius 2 is 1.27 bits per heavy atom. The van der Waals surface area contributed by atoms with Gasteiger partial charge in [0.15, 0.2) is 6.10 Å². The van der Waals surface area contributed by atoms with Gasteiger partial charge in [0.1, 0.15) is 13.2 Å². The molecule has 0 aromatic carbocycles. The molecule has 1 unspecified atom stereocenters. The molecule has 1 rings (SSSR count). The zero-order valence-electron chi connectivity index (χ0n) is 23.5. The average Bonchev–Trinajstić information content (AvgIpc) is 3.40. The maximum absolute atomic E-state index is 12.2. The van der Waals surface area contributed by atoms with Crippen LogP contribution in [-0.2, 0) is 28.6 Å². The van der Waals surface area contributed by atoms with Gasteiger partial charge in [-0.05, 0) is 25.7 Å². The molecule has 216 valence electrons. The molecule has 0 N–H and O–H groups in total. The summed E-state index contributed by atoms with van der Waals surface area (Å²) in [6, 6.07) is 0. The third-order valence-corrected chi connectivity index (χ3v) is 9.58. The van der Waals surface area contributed by atoms with Gasteiger partial charge in [0.2, 0.25) is 0 Å². The van der Waals surface area contributed by atoms with Gasteiger partial charge in [0.25, 0.3) is 0 Å². The minimum atomic E-state index is -0.756. The van der Waals surface area contributed by atoms with E-state index in [0.717, 1.165) is 38.5 Å². The van der Waals surface area contributed by atoms with E-state index in [0.29, 0.717) is 18.1 Å². The highest BCUT2D eigenvalue weighted by molar-refractivity contribution is 8.77. The standard InChI is InChI=1S/C29H52O6S2/c1-3-4-5-6-7-8-9-10-11-12-13-14-15-19-28(31)34-24-26(23-33-25(2)30)35-29(32)20-17-16-18-27-21-22-36-37-27/h26-27H,3-24H2,1-2H3/t26?,27-/m1/s1. The van der Waals surface area contributed by atoms with Crippen molar-refractivity contribution in [3.8, 4) is 0 Å². The smallest absolute Gasteiger partial charge is 0.306 e. The molecule has 8 heteroatoms. The summed E-state index contributed by atoms with van der Waals surface area (Å²) < 4.78 is 15.8. The van der Waals surface area contributed by atoms with E-state index in [-0.39, 0.29) is 25.2 Å². The molecule has 0 saturated carbocycles. The van der Waals surface area contributed by atoms with Crippen molar-refractivity contribution in [2.24, 2.45) is 0 Å². The van der Waals surface area contributed by atoms with Crippen LogP contribution in [0.1, 0.15) is 136 Å². The molecule has 0 bridgehead atoms. The first-order valence-corrected chi connectivity index (χ1v) is 17.2. The Balaban J connectivity index is 2.06. The van der Waals surface area contributed by atoms with Crippen LogP contribution in [0.5, 0.6) is 0 Å². The summed E-state index contributed by atoms with van der Waals surface area (Å²) in [6.45, 7) is 3.39. The van der Waals surface area contributed by atoms with Crippen LogP contribution in [0.3, 0.4) is 0 Å². The summed E-state index contributed by atoms with van der Waals surface area (Å²) in [5.41, 5.74) is 0. The number of hydrogen-bond donors (Lipinski definition) is 0. The van der Waals surface area contributed by atoms with Crippen LogP contribution in [0.4, 0.5) is 0 Å². The van der Waals surface area contributed by atoms with Crippen LogP contribution in [0.2, 0.25) is 0 Å². The lowest BCUT2D eigenvalue weighted by Gasteiger charge is -2.18. The number of esters is 3. The van der Waals surface area contributed by atoms with E-state index >= 15 is 0 Å². The van der Waals surface area contributed by atoms with Crippen LogP contribution in [0.25, 0.3) is 0 Å². The van der Waals surface area contributed by atoms with Gasteiger partial charge in [-0.25, -0.2) is 0 Å². The lowest BCUT2D eigenvalue weighted by Crippen LogP contribution is -2.30. The van der Waals surface area contributed by atoms with E-state index in [2.05, 4.69) is 6.92 Å². The Labute approximate surface area is 233 Å². The Morgan fingerprint density at radius 3 is 1.84 bits per heavy atom. The fourth-order valence-corrected chi connectivity index (χ4v) is 7.35. The number of hydrogen-bond acceptors (Lipinski definition) is 8. The van der Waals surface area contributed by atoms with E-state index in [1.54, 1.807) is 0 Å². The lowest BCUT2D eigenvalue weighted by atomic mass is 10.0. The second-order valence-electron chi connectivity index (χ2n) is 10.2. The minimum Gasteiger partial charge on any atom is -0.462 e. The van der Waals surface area contributed by atoms with Gasteiger partial charge in [-0.3, -0.25) is 14.4 Å². The predicted molar refractivity (Wildman–Crippen MR) is 155 cm³/mol. The van der Waals surface area contributed by atoms with Crippen LogP contribution in [0.15, 0.2) is 0 Å². The van der Waals surface area contributed by atoms with Gasteiger partial charge in [-0.1, -0.05) is 112 Å². The first kappa shape index (κ1) is 34.1. The normalized spacial score (nSPS) is 15.9. The maximum atomic E-state index is 12.2. The number of carbonyl (C=O) groups is 3. The monoisotopic (exact) mass is 560 g/mol. The molecule has 0 aromatic heterocycles. The Kier molecular flexibility index (Phi) is 22.3. The molecule has 2 atom stereocenters. The maximum Gasteiger partial charge on any atom is 0.306 e. The highest BCUT2D eigenvalue weighted by Gasteiger charge is 2.19. The number of ether oxygens (including phenoxy) is 3. The van der Waals surface area contributed by atoms with Gasteiger partial charge in [0, 0.05) is 30.8 Å². The average molecular weight is 561 g/mol. The number of rotatable bonds is 24. The van der Waals surface area contributed by atoms with Gasteiger partial charge < -0.3 is 14.2 Å². The molecule has 0 spiro atoms. The third-order valence-electron chi connectivity index (χ3n) is 6.57. The van der Waals surface area contributed by atoms with Crippen molar-refractivity contribution in [3.63, 3.8) is 0 Å².